The van der Waals surface area contributed by atoms with E-state index in [1.54, 1.807) is 19.2 Å². The molecule has 24 heavy (non-hydrogen) atoms. The summed E-state index contributed by atoms with van der Waals surface area (Å²) in [7, 11) is -1.27. The fourth-order valence-corrected chi connectivity index (χ4v) is 4.27. The second-order valence-corrected chi connectivity index (χ2v) is 7.45. The van der Waals surface area contributed by atoms with Gasteiger partial charge in [0, 0.05) is 26.7 Å². The molecule has 1 aromatic rings. The normalized spacial score (nSPS) is 20.2. The van der Waals surface area contributed by atoms with Crippen LogP contribution in [0.1, 0.15) is 5.56 Å². The summed E-state index contributed by atoms with van der Waals surface area (Å²) in [4.78, 5) is 14.0. The lowest BCUT2D eigenvalue weighted by Crippen LogP contribution is -2.36. The quantitative estimate of drug-likeness (QED) is 0.719. The Kier molecular flexibility index (Phi) is 4.57. The van der Waals surface area contributed by atoms with Crippen LogP contribution in [0.25, 0.3) is 0 Å². The fraction of sp³-hybridized carbons (Fsp3) is 0.467. The minimum absolute atomic E-state index is 0.0751. The highest BCUT2D eigenvalue weighted by Gasteiger charge is 2.37. The molecular formula is C15H19N3O5S. The Bertz CT molecular complexity index is 784. The van der Waals surface area contributed by atoms with Gasteiger partial charge >= 0.3 is 5.97 Å². The maximum atomic E-state index is 12.7. The molecule has 2 aliphatic heterocycles. The minimum Gasteiger partial charge on any atom is -0.464 e. The molecule has 0 radical (unpaired) electrons. The number of benzene rings is 1. The molecule has 9 heteroatoms. The zero-order valence-electron chi connectivity index (χ0n) is 13.6. The first-order valence-corrected chi connectivity index (χ1v) is 9.00. The highest BCUT2D eigenvalue weighted by molar-refractivity contribution is 8.08. The molecule has 0 amide bonds. The molecule has 0 unspecified atom stereocenters. The van der Waals surface area contributed by atoms with Crippen molar-refractivity contribution in [1.29, 1.82) is 0 Å². The second kappa shape index (κ2) is 6.50. The van der Waals surface area contributed by atoms with Crippen LogP contribution in [-0.2, 0) is 30.7 Å². The van der Waals surface area contributed by atoms with E-state index in [0.29, 0.717) is 25.4 Å². The standard InChI is InChI=1S/C15H19N3O5S/c1-17-12-4-3-11(10-18-5-7-23-8-6-18)9-13(12)24(20,21)14(16-17)15(19)22-2/h3-4,9H,5-8,10H2,1-2H3. The van der Waals surface area contributed by atoms with Crippen LogP contribution in [0.2, 0.25) is 0 Å². The van der Waals surface area contributed by atoms with Crippen LogP contribution < -0.4 is 5.01 Å². The Hall–Kier alpha value is -1.97. The van der Waals surface area contributed by atoms with Gasteiger partial charge in [-0.25, -0.2) is 13.2 Å². The molecule has 2 heterocycles. The summed E-state index contributed by atoms with van der Waals surface area (Å²) in [6.07, 6.45) is 0. The van der Waals surface area contributed by atoms with Gasteiger partial charge in [-0.1, -0.05) is 6.07 Å². The van der Waals surface area contributed by atoms with E-state index < -0.39 is 20.9 Å². The lowest BCUT2D eigenvalue weighted by atomic mass is 10.2. The van der Waals surface area contributed by atoms with E-state index in [1.807, 2.05) is 6.07 Å². The van der Waals surface area contributed by atoms with Crippen LogP contribution in [0, 0.1) is 0 Å². The number of anilines is 1. The van der Waals surface area contributed by atoms with Gasteiger partial charge in [-0.2, -0.15) is 5.10 Å². The van der Waals surface area contributed by atoms with Gasteiger partial charge in [0.1, 0.15) is 0 Å². The number of hydrogen-bond donors (Lipinski definition) is 0. The first-order chi connectivity index (χ1) is 11.4. The largest absolute Gasteiger partial charge is 0.464 e. The molecule has 0 spiro atoms. The number of carbonyl (C=O) groups is 1. The maximum Gasteiger partial charge on any atom is 0.370 e. The molecule has 2 aliphatic rings. The van der Waals surface area contributed by atoms with Crippen molar-refractivity contribution in [3.05, 3.63) is 23.8 Å². The Morgan fingerprint density at radius 1 is 1.33 bits per heavy atom. The number of nitrogens with zero attached hydrogens (tertiary/aromatic N) is 3. The second-order valence-electron chi connectivity index (χ2n) is 5.61. The number of hydrogen-bond acceptors (Lipinski definition) is 8. The smallest absolute Gasteiger partial charge is 0.370 e. The zero-order chi connectivity index (χ0) is 17.3. The predicted octanol–water partition coefficient (Wildman–Crippen LogP) is 0.229. The number of hydrazone groups is 1. The van der Waals surface area contributed by atoms with Gasteiger partial charge in [0.25, 0.3) is 5.04 Å². The Morgan fingerprint density at radius 3 is 2.71 bits per heavy atom. The summed E-state index contributed by atoms with van der Waals surface area (Å²) in [5, 5.41) is 4.64. The number of rotatable bonds is 3. The summed E-state index contributed by atoms with van der Waals surface area (Å²) < 4.78 is 35.3. The van der Waals surface area contributed by atoms with Crippen molar-refractivity contribution in [2.24, 2.45) is 5.10 Å². The van der Waals surface area contributed by atoms with Gasteiger partial charge in [0.15, 0.2) is 0 Å². The van der Waals surface area contributed by atoms with E-state index in [4.69, 9.17) is 4.74 Å². The summed E-state index contributed by atoms with van der Waals surface area (Å²) in [5.74, 6) is -0.967. The summed E-state index contributed by atoms with van der Waals surface area (Å²) in [5.41, 5.74) is 1.30. The lowest BCUT2D eigenvalue weighted by molar-refractivity contribution is -0.132. The molecule has 1 aromatic carbocycles. The number of ether oxygens (including phenoxy) is 2. The molecule has 130 valence electrons. The van der Waals surface area contributed by atoms with Gasteiger partial charge < -0.3 is 9.47 Å². The van der Waals surface area contributed by atoms with E-state index in [1.165, 1.54) is 5.01 Å². The zero-order valence-corrected chi connectivity index (χ0v) is 14.4. The molecule has 0 N–H and O–H groups in total. The number of fused-ring (bicyclic) bond motifs is 1. The number of carbonyl (C=O) groups excluding carboxylic acids is 1. The fourth-order valence-electron chi connectivity index (χ4n) is 2.74. The first-order valence-electron chi connectivity index (χ1n) is 7.52. The molecule has 0 saturated carbocycles. The first kappa shape index (κ1) is 16.9. The molecule has 0 aromatic heterocycles. The van der Waals surface area contributed by atoms with Gasteiger partial charge in [-0.3, -0.25) is 9.91 Å². The molecule has 0 bridgehead atoms. The highest BCUT2D eigenvalue weighted by Crippen LogP contribution is 2.32. The summed E-state index contributed by atoms with van der Waals surface area (Å²) in [6.45, 7) is 3.58. The van der Waals surface area contributed by atoms with E-state index in [0.717, 1.165) is 25.8 Å². The molecular weight excluding hydrogens is 334 g/mol. The third-order valence-electron chi connectivity index (χ3n) is 4.03. The van der Waals surface area contributed by atoms with Crippen LogP contribution in [0.15, 0.2) is 28.2 Å². The van der Waals surface area contributed by atoms with Gasteiger partial charge in [-0.05, 0) is 17.7 Å². The molecule has 0 aliphatic carbocycles. The van der Waals surface area contributed by atoms with Crippen LogP contribution in [-0.4, -0.2) is 64.8 Å². The third kappa shape index (κ3) is 3.02. The van der Waals surface area contributed by atoms with Gasteiger partial charge in [-0.15, -0.1) is 0 Å². The molecule has 3 rings (SSSR count). The van der Waals surface area contributed by atoms with Crippen LogP contribution in [0.3, 0.4) is 0 Å². The number of sulfone groups is 1. The van der Waals surface area contributed by atoms with Crippen molar-refractivity contribution in [1.82, 2.24) is 4.90 Å². The van der Waals surface area contributed by atoms with E-state index in [2.05, 4.69) is 14.7 Å². The molecule has 8 nitrogen and oxygen atoms in total. The highest BCUT2D eigenvalue weighted by atomic mass is 32.2. The number of methoxy groups -OCH3 is 1. The molecule has 0 atom stereocenters. The van der Waals surface area contributed by atoms with Crippen LogP contribution in [0.5, 0.6) is 0 Å². The molecule has 1 saturated heterocycles. The monoisotopic (exact) mass is 353 g/mol. The maximum absolute atomic E-state index is 12.7. The van der Waals surface area contributed by atoms with Crippen molar-refractivity contribution in [2.45, 2.75) is 11.4 Å². The van der Waals surface area contributed by atoms with Crippen molar-refractivity contribution >= 4 is 26.5 Å². The van der Waals surface area contributed by atoms with Crippen molar-refractivity contribution in [3.63, 3.8) is 0 Å². The summed E-state index contributed by atoms with van der Waals surface area (Å²) in [6, 6.07) is 5.19. The minimum atomic E-state index is -4.00. The molecule has 1 fully saturated rings. The SMILES string of the molecule is COC(=O)C1=NN(C)c2ccc(CN3CCOCC3)cc2S1(=O)=O. The van der Waals surface area contributed by atoms with Gasteiger partial charge in [0.05, 0.1) is 30.9 Å². The summed E-state index contributed by atoms with van der Waals surface area (Å²) >= 11 is 0. The number of morpholine rings is 1. The Morgan fingerprint density at radius 2 is 2.04 bits per heavy atom. The van der Waals surface area contributed by atoms with Gasteiger partial charge in [0.2, 0.25) is 9.84 Å². The lowest BCUT2D eigenvalue weighted by Gasteiger charge is -2.28. The Balaban J connectivity index is 1.95. The van der Waals surface area contributed by atoms with Crippen LogP contribution >= 0.6 is 0 Å². The van der Waals surface area contributed by atoms with Crippen molar-refractivity contribution in [2.75, 3.05) is 45.5 Å². The van der Waals surface area contributed by atoms with Crippen molar-refractivity contribution in [3.8, 4) is 0 Å². The average Bonchev–Trinajstić information content (AvgIpc) is 2.58. The Labute approximate surface area is 140 Å². The third-order valence-corrected chi connectivity index (χ3v) is 5.69. The predicted molar refractivity (Wildman–Crippen MR) is 87.6 cm³/mol. The van der Waals surface area contributed by atoms with E-state index in [9.17, 15) is 13.2 Å². The van der Waals surface area contributed by atoms with E-state index in [-0.39, 0.29) is 4.90 Å². The van der Waals surface area contributed by atoms with Crippen LogP contribution in [0.4, 0.5) is 5.69 Å². The topological polar surface area (TPSA) is 88.5 Å². The average molecular weight is 353 g/mol. The number of esters is 1. The van der Waals surface area contributed by atoms with E-state index >= 15 is 0 Å². The van der Waals surface area contributed by atoms with Crippen molar-refractivity contribution < 1.29 is 22.7 Å².